The van der Waals surface area contributed by atoms with Gasteiger partial charge in [-0.15, -0.1) is 5.10 Å². The van der Waals surface area contributed by atoms with Gasteiger partial charge in [-0.3, -0.25) is 9.59 Å². The normalized spacial score (nSPS) is 15.2. The number of carbonyl (C=O) groups excluding carboxylic acids is 2. The molecule has 24 heavy (non-hydrogen) atoms. The van der Waals surface area contributed by atoms with Crippen molar-refractivity contribution < 1.29 is 14.0 Å². The maximum atomic E-state index is 12.6. The average molecular weight is 348 g/mol. The Balaban J connectivity index is 1.64. The molecule has 2 heterocycles. The van der Waals surface area contributed by atoms with Gasteiger partial charge in [0, 0.05) is 11.4 Å². The number of amides is 2. The summed E-state index contributed by atoms with van der Waals surface area (Å²) in [7, 11) is 0. The highest BCUT2D eigenvalue weighted by atomic mass is 32.1. The molecular weight excluding hydrogens is 328 g/mol. The minimum absolute atomic E-state index is 0.0203. The fourth-order valence-corrected chi connectivity index (χ4v) is 3.33. The van der Waals surface area contributed by atoms with Crippen LogP contribution in [0.2, 0.25) is 0 Å². The van der Waals surface area contributed by atoms with Crippen molar-refractivity contribution in [1.29, 1.82) is 0 Å². The Bertz CT molecular complexity index is 651. The summed E-state index contributed by atoms with van der Waals surface area (Å²) in [6.07, 6.45) is 7.08. The number of rotatable bonds is 6. The third-order valence-electron chi connectivity index (χ3n) is 4.10. The molecule has 128 valence electrons. The monoisotopic (exact) mass is 348 g/mol. The number of nitrogens with one attached hydrogen (secondary N) is 1. The molecule has 0 radical (unpaired) electrons. The first-order chi connectivity index (χ1) is 11.7. The highest BCUT2D eigenvalue weighted by Gasteiger charge is 2.24. The molecule has 0 unspecified atom stereocenters. The van der Waals surface area contributed by atoms with E-state index in [2.05, 4.69) is 14.9 Å². The molecule has 0 aliphatic heterocycles. The van der Waals surface area contributed by atoms with Crippen LogP contribution in [0.1, 0.15) is 48.4 Å². The molecule has 0 saturated heterocycles. The Morgan fingerprint density at radius 3 is 2.83 bits per heavy atom. The predicted octanol–water partition coefficient (Wildman–Crippen LogP) is 2.22. The van der Waals surface area contributed by atoms with Crippen LogP contribution in [0.5, 0.6) is 0 Å². The maximum absolute atomic E-state index is 12.6. The van der Waals surface area contributed by atoms with E-state index >= 15 is 0 Å². The molecule has 2 amide bonds. The topological polar surface area (TPSA) is 88.3 Å². The standard InChI is InChI=1S/C16H20N4O3S/c21-15(17-12-5-2-1-3-6-12)10-20(9-13-7-4-8-23-13)16(22)14-11-24-19-18-14/h4,7-8,11-12H,1-3,5-6,9-10H2,(H,17,21). The molecule has 1 aliphatic carbocycles. The van der Waals surface area contributed by atoms with Crippen molar-refractivity contribution in [2.45, 2.75) is 44.7 Å². The van der Waals surface area contributed by atoms with E-state index in [0.717, 1.165) is 37.2 Å². The zero-order chi connectivity index (χ0) is 16.8. The van der Waals surface area contributed by atoms with Crippen LogP contribution in [0.3, 0.4) is 0 Å². The Morgan fingerprint density at radius 1 is 1.33 bits per heavy atom. The van der Waals surface area contributed by atoms with Gasteiger partial charge in [0.25, 0.3) is 5.91 Å². The van der Waals surface area contributed by atoms with E-state index in [0.29, 0.717) is 5.76 Å². The lowest BCUT2D eigenvalue weighted by Crippen LogP contribution is -2.44. The van der Waals surface area contributed by atoms with Crippen LogP contribution >= 0.6 is 11.5 Å². The fraction of sp³-hybridized carbons (Fsp3) is 0.500. The predicted molar refractivity (Wildman–Crippen MR) is 88.4 cm³/mol. The first-order valence-corrected chi connectivity index (χ1v) is 8.94. The summed E-state index contributed by atoms with van der Waals surface area (Å²) in [6.45, 7) is 0.203. The van der Waals surface area contributed by atoms with Gasteiger partial charge in [0.15, 0.2) is 5.69 Å². The van der Waals surface area contributed by atoms with Gasteiger partial charge in [-0.2, -0.15) is 0 Å². The largest absolute Gasteiger partial charge is 0.467 e. The molecule has 1 fully saturated rings. The van der Waals surface area contributed by atoms with Gasteiger partial charge in [0.05, 0.1) is 12.8 Å². The van der Waals surface area contributed by atoms with Crippen molar-refractivity contribution in [2.24, 2.45) is 0 Å². The summed E-state index contributed by atoms with van der Waals surface area (Å²) < 4.78 is 9.02. The highest BCUT2D eigenvalue weighted by Crippen LogP contribution is 2.17. The van der Waals surface area contributed by atoms with Gasteiger partial charge in [-0.05, 0) is 36.5 Å². The summed E-state index contributed by atoms with van der Waals surface area (Å²) >= 11 is 1.11. The van der Waals surface area contributed by atoms with E-state index < -0.39 is 0 Å². The second kappa shape index (κ2) is 8.05. The van der Waals surface area contributed by atoms with E-state index in [1.807, 2.05) is 0 Å². The Labute approximate surface area is 144 Å². The molecular formula is C16H20N4O3S. The Morgan fingerprint density at radius 2 is 2.17 bits per heavy atom. The van der Waals surface area contributed by atoms with Crippen molar-refractivity contribution in [3.63, 3.8) is 0 Å². The number of carbonyl (C=O) groups is 2. The summed E-state index contributed by atoms with van der Waals surface area (Å²) in [4.78, 5) is 26.4. The number of furan rings is 1. The lowest BCUT2D eigenvalue weighted by atomic mass is 9.95. The molecule has 1 N–H and O–H groups in total. The summed E-state index contributed by atoms with van der Waals surface area (Å²) in [5, 5.41) is 8.42. The third kappa shape index (κ3) is 4.41. The van der Waals surface area contributed by atoms with Crippen LogP contribution in [0.15, 0.2) is 28.2 Å². The van der Waals surface area contributed by atoms with Gasteiger partial charge in [-0.1, -0.05) is 23.8 Å². The molecule has 2 aromatic rings. The zero-order valence-electron chi connectivity index (χ0n) is 13.3. The number of hydrogen-bond acceptors (Lipinski definition) is 6. The van der Waals surface area contributed by atoms with E-state index in [-0.39, 0.29) is 36.6 Å². The first kappa shape index (κ1) is 16.6. The molecule has 0 bridgehead atoms. The summed E-state index contributed by atoms with van der Waals surface area (Å²) in [6, 6.07) is 3.75. The van der Waals surface area contributed by atoms with Crippen LogP contribution in [0.25, 0.3) is 0 Å². The zero-order valence-corrected chi connectivity index (χ0v) is 14.1. The fourth-order valence-electron chi connectivity index (χ4n) is 2.90. The Kier molecular flexibility index (Phi) is 5.58. The van der Waals surface area contributed by atoms with E-state index in [4.69, 9.17) is 4.42 Å². The lowest BCUT2D eigenvalue weighted by molar-refractivity contribution is -0.122. The van der Waals surface area contributed by atoms with Gasteiger partial charge in [0.1, 0.15) is 12.3 Å². The van der Waals surface area contributed by atoms with Crippen LogP contribution < -0.4 is 5.32 Å². The van der Waals surface area contributed by atoms with Crippen molar-refractivity contribution in [1.82, 2.24) is 19.8 Å². The molecule has 7 nitrogen and oxygen atoms in total. The van der Waals surface area contributed by atoms with Crippen LogP contribution in [0.4, 0.5) is 0 Å². The average Bonchev–Trinajstić information content (AvgIpc) is 3.28. The third-order valence-corrected chi connectivity index (χ3v) is 4.60. The number of aromatic nitrogens is 2. The quantitative estimate of drug-likeness (QED) is 0.865. The molecule has 2 aromatic heterocycles. The van der Waals surface area contributed by atoms with Crippen molar-refractivity contribution in [2.75, 3.05) is 6.54 Å². The molecule has 1 aliphatic rings. The minimum atomic E-state index is -0.320. The van der Waals surface area contributed by atoms with E-state index in [9.17, 15) is 9.59 Å². The van der Waals surface area contributed by atoms with E-state index in [1.54, 1.807) is 23.8 Å². The second-order valence-corrected chi connectivity index (χ2v) is 6.54. The number of nitrogens with zero attached hydrogens (tertiary/aromatic N) is 3. The van der Waals surface area contributed by atoms with Crippen molar-refractivity contribution in [3.05, 3.63) is 35.2 Å². The summed E-state index contributed by atoms with van der Waals surface area (Å²) in [5.74, 6) is 0.154. The van der Waals surface area contributed by atoms with Gasteiger partial charge >= 0.3 is 0 Å². The van der Waals surface area contributed by atoms with Gasteiger partial charge < -0.3 is 14.6 Å². The highest BCUT2D eigenvalue weighted by molar-refractivity contribution is 7.03. The lowest BCUT2D eigenvalue weighted by Gasteiger charge is -2.25. The van der Waals surface area contributed by atoms with Crippen LogP contribution in [0, 0.1) is 0 Å². The molecule has 1 saturated carbocycles. The molecule has 3 rings (SSSR count). The molecule has 8 heteroatoms. The first-order valence-electron chi connectivity index (χ1n) is 8.10. The van der Waals surface area contributed by atoms with Gasteiger partial charge in [-0.25, -0.2) is 0 Å². The minimum Gasteiger partial charge on any atom is -0.467 e. The van der Waals surface area contributed by atoms with Gasteiger partial charge in [0.2, 0.25) is 5.91 Å². The molecule has 0 atom stereocenters. The maximum Gasteiger partial charge on any atom is 0.276 e. The van der Waals surface area contributed by atoms with Crippen LogP contribution in [-0.2, 0) is 11.3 Å². The van der Waals surface area contributed by atoms with Crippen LogP contribution in [-0.4, -0.2) is 38.9 Å². The SMILES string of the molecule is O=C(CN(Cc1ccco1)C(=O)c1csnn1)NC1CCCCC1. The molecule has 0 spiro atoms. The number of hydrogen-bond donors (Lipinski definition) is 1. The van der Waals surface area contributed by atoms with Crippen molar-refractivity contribution >= 4 is 23.3 Å². The van der Waals surface area contributed by atoms with E-state index in [1.165, 1.54) is 11.3 Å². The second-order valence-electron chi connectivity index (χ2n) is 5.93. The Hall–Kier alpha value is -2.22. The smallest absolute Gasteiger partial charge is 0.276 e. The summed E-state index contributed by atoms with van der Waals surface area (Å²) in [5.41, 5.74) is 0.247. The van der Waals surface area contributed by atoms with Crippen molar-refractivity contribution in [3.8, 4) is 0 Å². The molecule has 0 aromatic carbocycles.